The van der Waals surface area contributed by atoms with E-state index < -0.39 is 0 Å². The molecule has 0 fully saturated rings. The normalized spacial score (nSPS) is 12.9. The van der Waals surface area contributed by atoms with Gasteiger partial charge in [0.1, 0.15) is 17.6 Å². The van der Waals surface area contributed by atoms with Crippen LogP contribution in [0.25, 0.3) is 0 Å². The molecule has 0 radical (unpaired) electrons. The summed E-state index contributed by atoms with van der Waals surface area (Å²) in [6.07, 6.45) is 4.70. The Balaban J connectivity index is 2.26. The second kappa shape index (κ2) is 4.72. The Morgan fingerprint density at radius 1 is 1.56 bits per heavy atom. The first-order chi connectivity index (χ1) is 7.72. The van der Waals surface area contributed by atoms with Crippen molar-refractivity contribution in [2.45, 2.75) is 25.9 Å². The number of hydrogen-bond donors (Lipinski definition) is 1. The fourth-order valence-corrected chi connectivity index (χ4v) is 1.80. The fourth-order valence-electron chi connectivity index (χ4n) is 1.65. The average molecular weight is 240 g/mol. The van der Waals surface area contributed by atoms with Crippen molar-refractivity contribution in [2.75, 3.05) is 0 Å². The number of aryl methyl sites for hydroxylation is 1. The zero-order chi connectivity index (χ0) is 11.5. The van der Waals surface area contributed by atoms with E-state index >= 15 is 0 Å². The maximum Gasteiger partial charge on any atom is 0.193 e. The summed E-state index contributed by atoms with van der Waals surface area (Å²) in [6, 6.07) is 3.09. The van der Waals surface area contributed by atoms with Gasteiger partial charge in [-0.2, -0.15) is 0 Å². The van der Waals surface area contributed by atoms with Crippen LogP contribution >= 0.6 is 11.6 Å². The van der Waals surface area contributed by atoms with Crippen LogP contribution in [-0.4, -0.2) is 9.55 Å². The molecule has 0 bridgehead atoms. The predicted octanol–water partition coefficient (Wildman–Crippen LogP) is 2.59. The van der Waals surface area contributed by atoms with Crippen molar-refractivity contribution in [1.29, 1.82) is 0 Å². The number of imidazole rings is 1. The van der Waals surface area contributed by atoms with Gasteiger partial charge in [0.25, 0.3) is 0 Å². The summed E-state index contributed by atoms with van der Waals surface area (Å²) in [5.41, 5.74) is 6.07. The number of hydrogen-bond acceptors (Lipinski definition) is 3. The van der Waals surface area contributed by atoms with Gasteiger partial charge in [-0.1, -0.05) is 6.92 Å². The van der Waals surface area contributed by atoms with Crippen molar-refractivity contribution in [3.05, 3.63) is 41.3 Å². The van der Waals surface area contributed by atoms with E-state index in [9.17, 15) is 0 Å². The summed E-state index contributed by atoms with van der Waals surface area (Å²) >= 11 is 5.72. The zero-order valence-electron chi connectivity index (χ0n) is 9.06. The fraction of sp³-hybridized carbons (Fsp3) is 0.364. The summed E-state index contributed by atoms with van der Waals surface area (Å²) in [7, 11) is 0. The number of furan rings is 1. The molecule has 1 atom stereocenters. The average Bonchev–Trinajstić information content (AvgIpc) is 2.87. The van der Waals surface area contributed by atoms with Gasteiger partial charge in [-0.3, -0.25) is 0 Å². The maximum atomic E-state index is 6.07. The summed E-state index contributed by atoms with van der Waals surface area (Å²) in [5, 5.41) is 0.346. The van der Waals surface area contributed by atoms with Gasteiger partial charge < -0.3 is 14.7 Å². The van der Waals surface area contributed by atoms with E-state index in [-0.39, 0.29) is 6.04 Å². The molecule has 5 heteroatoms. The highest BCUT2D eigenvalue weighted by Gasteiger charge is 2.17. The van der Waals surface area contributed by atoms with Gasteiger partial charge in [0, 0.05) is 18.9 Å². The second-order valence-electron chi connectivity index (χ2n) is 3.60. The van der Waals surface area contributed by atoms with Crippen molar-refractivity contribution in [3.8, 4) is 0 Å². The molecule has 0 aliphatic heterocycles. The summed E-state index contributed by atoms with van der Waals surface area (Å²) in [6.45, 7) is 3.01. The monoisotopic (exact) mass is 239 g/mol. The lowest BCUT2D eigenvalue weighted by molar-refractivity contribution is 0.473. The molecule has 2 rings (SSSR count). The standard InChI is InChI=1S/C11H14ClN3O/c1-2-6-15-7-5-14-11(15)10(13)8-3-4-9(12)16-8/h3-5,7,10H,2,6,13H2,1H3. The van der Waals surface area contributed by atoms with E-state index in [2.05, 4.69) is 11.9 Å². The van der Waals surface area contributed by atoms with Gasteiger partial charge in [-0.15, -0.1) is 0 Å². The molecule has 2 heterocycles. The molecule has 0 saturated heterocycles. The predicted molar refractivity (Wildman–Crippen MR) is 62.3 cm³/mol. The Labute approximate surface area is 99.0 Å². The Hall–Kier alpha value is -1.26. The van der Waals surface area contributed by atoms with Gasteiger partial charge in [0.15, 0.2) is 5.22 Å². The molecule has 0 spiro atoms. The van der Waals surface area contributed by atoms with E-state index in [0.717, 1.165) is 18.8 Å². The van der Waals surface area contributed by atoms with Crippen LogP contribution in [-0.2, 0) is 6.54 Å². The molecule has 4 nitrogen and oxygen atoms in total. The van der Waals surface area contributed by atoms with Crippen LogP contribution < -0.4 is 5.73 Å². The molecule has 0 amide bonds. The van der Waals surface area contributed by atoms with Gasteiger partial charge in [-0.05, 0) is 30.2 Å². The third-order valence-corrected chi connectivity index (χ3v) is 2.59. The molecule has 0 aliphatic rings. The quantitative estimate of drug-likeness (QED) is 0.892. The third-order valence-electron chi connectivity index (χ3n) is 2.39. The van der Waals surface area contributed by atoms with Crippen LogP contribution in [0.1, 0.15) is 31.0 Å². The maximum absolute atomic E-state index is 6.07. The third kappa shape index (κ3) is 2.13. The first kappa shape index (κ1) is 11.2. The highest BCUT2D eigenvalue weighted by Crippen LogP contribution is 2.22. The van der Waals surface area contributed by atoms with Crippen molar-refractivity contribution in [1.82, 2.24) is 9.55 Å². The molecule has 0 saturated carbocycles. The van der Waals surface area contributed by atoms with Crippen molar-refractivity contribution in [3.63, 3.8) is 0 Å². The van der Waals surface area contributed by atoms with Crippen LogP contribution in [0, 0.1) is 0 Å². The molecule has 0 aromatic carbocycles. The molecule has 2 aromatic heterocycles. The minimum atomic E-state index is -0.367. The summed E-state index contributed by atoms with van der Waals surface area (Å²) in [5.74, 6) is 1.43. The highest BCUT2D eigenvalue weighted by molar-refractivity contribution is 6.28. The molecule has 0 aliphatic carbocycles. The molecule has 1 unspecified atom stereocenters. The number of nitrogens with zero attached hydrogens (tertiary/aromatic N) is 2. The van der Waals surface area contributed by atoms with E-state index in [1.807, 2.05) is 10.8 Å². The lowest BCUT2D eigenvalue weighted by Crippen LogP contribution is -2.17. The second-order valence-corrected chi connectivity index (χ2v) is 3.97. The molecule has 2 N–H and O–H groups in total. The van der Waals surface area contributed by atoms with Crippen LogP contribution in [0.4, 0.5) is 0 Å². The molecule has 2 aromatic rings. The van der Waals surface area contributed by atoms with E-state index in [1.54, 1.807) is 18.3 Å². The van der Waals surface area contributed by atoms with Crippen molar-refractivity contribution < 1.29 is 4.42 Å². The zero-order valence-corrected chi connectivity index (χ0v) is 9.81. The molecule has 86 valence electrons. The van der Waals surface area contributed by atoms with Crippen LogP contribution in [0.2, 0.25) is 5.22 Å². The van der Waals surface area contributed by atoms with Crippen molar-refractivity contribution >= 4 is 11.6 Å². The van der Waals surface area contributed by atoms with Crippen molar-refractivity contribution in [2.24, 2.45) is 5.73 Å². The van der Waals surface area contributed by atoms with Gasteiger partial charge in [0.2, 0.25) is 0 Å². The van der Waals surface area contributed by atoms with Gasteiger partial charge >= 0.3 is 0 Å². The Bertz CT molecular complexity index is 463. The number of halogens is 1. The number of rotatable bonds is 4. The van der Waals surface area contributed by atoms with Gasteiger partial charge in [-0.25, -0.2) is 4.98 Å². The first-order valence-corrected chi connectivity index (χ1v) is 5.62. The summed E-state index contributed by atoms with van der Waals surface area (Å²) < 4.78 is 7.32. The smallest absolute Gasteiger partial charge is 0.193 e. The Morgan fingerprint density at radius 2 is 2.38 bits per heavy atom. The van der Waals surface area contributed by atoms with E-state index in [4.69, 9.17) is 21.8 Å². The van der Waals surface area contributed by atoms with E-state index in [0.29, 0.717) is 11.0 Å². The number of nitrogens with two attached hydrogens (primary N) is 1. The Morgan fingerprint density at radius 3 is 3.00 bits per heavy atom. The summed E-state index contributed by atoms with van der Waals surface area (Å²) in [4.78, 5) is 4.26. The molecular formula is C11H14ClN3O. The lowest BCUT2D eigenvalue weighted by Gasteiger charge is -2.11. The van der Waals surface area contributed by atoms with Crippen LogP contribution in [0.15, 0.2) is 28.9 Å². The topological polar surface area (TPSA) is 57.0 Å². The minimum absolute atomic E-state index is 0.346. The molecular weight excluding hydrogens is 226 g/mol. The van der Waals surface area contributed by atoms with Gasteiger partial charge in [0.05, 0.1) is 0 Å². The lowest BCUT2D eigenvalue weighted by atomic mass is 10.2. The first-order valence-electron chi connectivity index (χ1n) is 5.24. The van der Waals surface area contributed by atoms with E-state index in [1.165, 1.54) is 0 Å². The molecule has 16 heavy (non-hydrogen) atoms. The van der Waals surface area contributed by atoms with Crippen LogP contribution in [0.3, 0.4) is 0 Å². The minimum Gasteiger partial charge on any atom is -0.448 e. The van der Waals surface area contributed by atoms with Crippen LogP contribution in [0.5, 0.6) is 0 Å². The largest absolute Gasteiger partial charge is 0.448 e. The Kier molecular flexibility index (Phi) is 3.31. The highest BCUT2D eigenvalue weighted by atomic mass is 35.5. The number of aromatic nitrogens is 2. The SMILES string of the molecule is CCCn1ccnc1C(N)c1ccc(Cl)o1.